The second-order valence-corrected chi connectivity index (χ2v) is 8.25. The number of likely N-dealkylation sites (N-methyl/N-ethyl adjacent to an activating group) is 1. The van der Waals surface area contributed by atoms with Crippen LogP contribution in [0.25, 0.3) is 16.9 Å². The standard InChI is InChI=1S/C22H23N3O2S/c1-15(13-24(2)3)27-18-10-8-17(9-11-18)25-21(26)12-16-14-28-20-7-5-4-6-19(20)22(16)23-25/h4-12,15H,13-14H2,1-3H3. The van der Waals surface area contributed by atoms with Gasteiger partial charge in [0.2, 0.25) is 0 Å². The van der Waals surface area contributed by atoms with Crippen LogP contribution in [0.5, 0.6) is 5.75 Å². The van der Waals surface area contributed by atoms with Gasteiger partial charge in [-0.15, -0.1) is 11.8 Å². The molecule has 4 rings (SSSR count). The number of hydrogen-bond donors (Lipinski definition) is 0. The minimum atomic E-state index is -0.117. The predicted molar refractivity (Wildman–Crippen MR) is 113 cm³/mol. The summed E-state index contributed by atoms with van der Waals surface area (Å²) in [5.41, 5.74) is 3.57. The van der Waals surface area contributed by atoms with E-state index < -0.39 is 0 Å². The van der Waals surface area contributed by atoms with E-state index in [1.807, 2.05) is 57.4 Å². The summed E-state index contributed by atoms with van der Waals surface area (Å²) in [5, 5.41) is 4.70. The molecule has 3 aromatic rings. The molecule has 144 valence electrons. The van der Waals surface area contributed by atoms with Gasteiger partial charge in [-0.1, -0.05) is 18.2 Å². The Morgan fingerprint density at radius 1 is 1.18 bits per heavy atom. The third-order valence-electron chi connectivity index (χ3n) is 4.58. The van der Waals surface area contributed by atoms with Crippen molar-refractivity contribution in [1.29, 1.82) is 0 Å². The number of benzene rings is 2. The van der Waals surface area contributed by atoms with Crippen molar-refractivity contribution < 1.29 is 4.74 Å². The van der Waals surface area contributed by atoms with Crippen molar-refractivity contribution in [2.75, 3.05) is 20.6 Å². The molecule has 1 aliphatic heterocycles. The number of ether oxygens (including phenoxy) is 1. The topological polar surface area (TPSA) is 47.4 Å². The lowest BCUT2D eigenvalue weighted by Crippen LogP contribution is -2.28. The molecule has 2 heterocycles. The van der Waals surface area contributed by atoms with Gasteiger partial charge in [-0.3, -0.25) is 4.79 Å². The molecule has 0 aliphatic carbocycles. The first-order chi connectivity index (χ1) is 13.5. The van der Waals surface area contributed by atoms with Gasteiger partial charge in [0.1, 0.15) is 11.9 Å². The van der Waals surface area contributed by atoms with Gasteiger partial charge in [-0.25, -0.2) is 0 Å². The molecule has 6 heteroatoms. The van der Waals surface area contributed by atoms with Crippen molar-refractivity contribution in [1.82, 2.24) is 14.7 Å². The van der Waals surface area contributed by atoms with Gasteiger partial charge >= 0.3 is 0 Å². The van der Waals surface area contributed by atoms with Gasteiger partial charge in [-0.2, -0.15) is 9.78 Å². The lowest BCUT2D eigenvalue weighted by atomic mass is 10.1. The average Bonchev–Trinajstić information content (AvgIpc) is 2.67. The van der Waals surface area contributed by atoms with E-state index in [9.17, 15) is 4.79 Å². The zero-order valence-electron chi connectivity index (χ0n) is 16.3. The number of thioether (sulfide) groups is 1. The summed E-state index contributed by atoms with van der Waals surface area (Å²) in [6.45, 7) is 2.88. The zero-order chi connectivity index (χ0) is 19.7. The Labute approximate surface area is 169 Å². The van der Waals surface area contributed by atoms with Crippen molar-refractivity contribution in [2.24, 2.45) is 0 Å². The Hall–Kier alpha value is -2.57. The lowest BCUT2D eigenvalue weighted by Gasteiger charge is -2.20. The van der Waals surface area contributed by atoms with E-state index >= 15 is 0 Å². The van der Waals surface area contributed by atoms with Crippen LogP contribution in [0.3, 0.4) is 0 Å². The van der Waals surface area contributed by atoms with Crippen LogP contribution in [0.2, 0.25) is 0 Å². The van der Waals surface area contributed by atoms with Gasteiger partial charge in [0.25, 0.3) is 5.56 Å². The first-order valence-corrected chi connectivity index (χ1v) is 10.3. The maximum absolute atomic E-state index is 12.6. The molecule has 0 radical (unpaired) electrons. The van der Waals surface area contributed by atoms with Gasteiger partial charge in [0.15, 0.2) is 0 Å². The Kier molecular flexibility index (Phi) is 5.24. The number of fused-ring (bicyclic) bond motifs is 3. The SMILES string of the molecule is CC(CN(C)C)Oc1ccc(-n2nc3c(cc2=O)CSc2ccccc2-3)cc1. The highest BCUT2D eigenvalue weighted by Crippen LogP contribution is 2.39. The maximum Gasteiger partial charge on any atom is 0.271 e. The Bertz CT molecular complexity index is 1040. The summed E-state index contributed by atoms with van der Waals surface area (Å²) in [7, 11) is 4.04. The van der Waals surface area contributed by atoms with Crippen LogP contribution in [-0.4, -0.2) is 41.4 Å². The van der Waals surface area contributed by atoms with Crippen LogP contribution in [0.1, 0.15) is 12.5 Å². The minimum absolute atomic E-state index is 0.0828. The van der Waals surface area contributed by atoms with E-state index in [1.54, 1.807) is 17.8 Å². The molecule has 1 atom stereocenters. The van der Waals surface area contributed by atoms with Gasteiger partial charge in [0.05, 0.1) is 11.4 Å². The summed E-state index contributed by atoms with van der Waals surface area (Å²) in [6, 6.07) is 17.4. The van der Waals surface area contributed by atoms with Crippen molar-refractivity contribution >= 4 is 11.8 Å². The molecular weight excluding hydrogens is 370 g/mol. The third kappa shape index (κ3) is 3.84. The van der Waals surface area contributed by atoms with Crippen molar-refractivity contribution in [3.8, 4) is 22.7 Å². The molecule has 1 aliphatic rings. The first-order valence-electron chi connectivity index (χ1n) is 9.28. The van der Waals surface area contributed by atoms with E-state index in [2.05, 4.69) is 17.0 Å². The predicted octanol–water partition coefficient (Wildman–Crippen LogP) is 3.83. The monoisotopic (exact) mass is 393 g/mol. The molecule has 0 N–H and O–H groups in total. The van der Waals surface area contributed by atoms with Crippen LogP contribution >= 0.6 is 11.8 Å². The molecule has 2 aromatic carbocycles. The zero-order valence-corrected chi connectivity index (χ0v) is 17.1. The van der Waals surface area contributed by atoms with E-state index in [1.165, 1.54) is 9.58 Å². The van der Waals surface area contributed by atoms with Gasteiger partial charge < -0.3 is 9.64 Å². The minimum Gasteiger partial charge on any atom is -0.489 e. The van der Waals surface area contributed by atoms with Crippen LogP contribution in [-0.2, 0) is 5.75 Å². The van der Waals surface area contributed by atoms with E-state index in [0.29, 0.717) is 0 Å². The van der Waals surface area contributed by atoms with Crippen LogP contribution in [0, 0.1) is 0 Å². The second-order valence-electron chi connectivity index (χ2n) is 7.24. The van der Waals surface area contributed by atoms with E-state index in [-0.39, 0.29) is 11.7 Å². The highest BCUT2D eigenvalue weighted by atomic mass is 32.2. The highest BCUT2D eigenvalue weighted by Gasteiger charge is 2.20. The fourth-order valence-electron chi connectivity index (χ4n) is 3.41. The molecule has 28 heavy (non-hydrogen) atoms. The summed E-state index contributed by atoms with van der Waals surface area (Å²) in [4.78, 5) is 15.9. The van der Waals surface area contributed by atoms with Crippen molar-refractivity contribution in [2.45, 2.75) is 23.7 Å². The summed E-state index contributed by atoms with van der Waals surface area (Å²) < 4.78 is 7.40. The number of rotatable bonds is 5. The molecule has 0 saturated carbocycles. The van der Waals surface area contributed by atoms with Crippen molar-refractivity contribution in [3.63, 3.8) is 0 Å². The van der Waals surface area contributed by atoms with Gasteiger partial charge in [-0.05, 0) is 56.9 Å². The van der Waals surface area contributed by atoms with Crippen molar-refractivity contribution in [3.05, 3.63) is 70.5 Å². The Balaban J connectivity index is 1.65. The van der Waals surface area contributed by atoms with E-state index in [0.717, 1.165) is 40.6 Å². The average molecular weight is 394 g/mol. The second kappa shape index (κ2) is 7.81. The number of aromatic nitrogens is 2. The molecule has 0 spiro atoms. The molecule has 1 aromatic heterocycles. The number of nitrogens with zero attached hydrogens (tertiary/aromatic N) is 3. The largest absolute Gasteiger partial charge is 0.489 e. The smallest absolute Gasteiger partial charge is 0.271 e. The van der Waals surface area contributed by atoms with Crippen LogP contribution in [0.4, 0.5) is 0 Å². The molecular formula is C22H23N3O2S. The molecule has 0 saturated heterocycles. The molecule has 0 fully saturated rings. The van der Waals surface area contributed by atoms with Crippen LogP contribution in [0.15, 0.2) is 64.3 Å². The molecule has 0 amide bonds. The fourth-order valence-corrected chi connectivity index (χ4v) is 4.43. The fraction of sp³-hybridized carbons (Fsp3) is 0.273. The molecule has 1 unspecified atom stereocenters. The third-order valence-corrected chi connectivity index (χ3v) is 5.70. The molecule has 5 nitrogen and oxygen atoms in total. The quantitative estimate of drug-likeness (QED) is 0.659. The number of hydrogen-bond acceptors (Lipinski definition) is 5. The van der Waals surface area contributed by atoms with Gasteiger partial charge in [0, 0.05) is 28.8 Å². The first kappa shape index (κ1) is 18.8. The maximum atomic E-state index is 12.6. The lowest BCUT2D eigenvalue weighted by molar-refractivity contribution is 0.177. The Morgan fingerprint density at radius 2 is 1.93 bits per heavy atom. The van der Waals surface area contributed by atoms with Crippen LogP contribution < -0.4 is 10.3 Å². The molecule has 0 bridgehead atoms. The summed E-state index contributed by atoms with van der Waals surface area (Å²) in [6.07, 6.45) is 0.0828. The summed E-state index contributed by atoms with van der Waals surface area (Å²) in [5.74, 6) is 1.55. The highest BCUT2D eigenvalue weighted by molar-refractivity contribution is 7.98. The normalized spacial score (nSPS) is 13.7. The summed E-state index contributed by atoms with van der Waals surface area (Å²) >= 11 is 1.75. The van der Waals surface area contributed by atoms with E-state index in [4.69, 9.17) is 9.84 Å². The Morgan fingerprint density at radius 3 is 2.68 bits per heavy atom.